The lowest BCUT2D eigenvalue weighted by Gasteiger charge is -2.24. The van der Waals surface area contributed by atoms with Gasteiger partial charge in [-0.2, -0.15) is 0 Å². The van der Waals surface area contributed by atoms with E-state index in [0.29, 0.717) is 5.41 Å². The second-order valence-electron chi connectivity index (χ2n) is 8.15. The van der Waals surface area contributed by atoms with Gasteiger partial charge in [0.05, 0.1) is 0 Å². The lowest BCUT2D eigenvalue weighted by molar-refractivity contribution is 0.316. The highest BCUT2D eigenvalue weighted by Gasteiger charge is 2.17. The Labute approximate surface area is 156 Å². The summed E-state index contributed by atoms with van der Waals surface area (Å²) in [5.41, 5.74) is 1.92. The quantitative estimate of drug-likeness (QED) is 0.221. The molecule has 1 aromatic rings. The van der Waals surface area contributed by atoms with Crippen LogP contribution in [0.4, 0.5) is 0 Å². The molecular formula is C23H39Cl. The van der Waals surface area contributed by atoms with Gasteiger partial charge in [-0.3, -0.25) is 0 Å². The number of rotatable bonds is 15. The molecule has 0 amide bonds. The van der Waals surface area contributed by atoms with Crippen molar-refractivity contribution in [1.29, 1.82) is 0 Å². The van der Waals surface area contributed by atoms with Crippen molar-refractivity contribution in [3.8, 4) is 0 Å². The van der Waals surface area contributed by atoms with Gasteiger partial charge in [-0.05, 0) is 30.2 Å². The highest BCUT2D eigenvalue weighted by molar-refractivity contribution is 6.17. The second-order valence-corrected chi connectivity index (χ2v) is 8.53. The molecule has 1 aromatic carbocycles. The number of unbranched alkanes of at least 4 members (excludes halogenated alkanes) is 10. The molecule has 0 spiro atoms. The summed E-state index contributed by atoms with van der Waals surface area (Å²) in [6.07, 6.45) is 17.8. The zero-order valence-electron chi connectivity index (χ0n) is 16.2. The van der Waals surface area contributed by atoms with Crippen molar-refractivity contribution in [2.45, 2.75) is 97.3 Å². The molecule has 0 fully saturated rings. The predicted octanol–water partition coefficient (Wildman–Crippen LogP) is 8.18. The minimum atomic E-state index is 0.435. The number of benzene rings is 1. The molecule has 1 heteroatoms. The van der Waals surface area contributed by atoms with Crippen LogP contribution in [0.1, 0.15) is 96.5 Å². The average Bonchev–Trinajstić information content (AvgIpc) is 2.56. The first kappa shape index (κ1) is 21.6. The standard InChI is InChI=1S/C23H39Cl/c1-23(2,21-22-17-13-12-14-18-22)19-15-10-8-6-4-3-5-7-9-11-16-20-24/h12-14,17-18H,3-11,15-16,19-21H2,1-2H3. The average molecular weight is 351 g/mol. The Morgan fingerprint density at radius 2 is 1.12 bits per heavy atom. The third kappa shape index (κ3) is 12.0. The molecule has 0 bridgehead atoms. The zero-order chi connectivity index (χ0) is 17.5. The van der Waals surface area contributed by atoms with Gasteiger partial charge in [0.15, 0.2) is 0 Å². The van der Waals surface area contributed by atoms with Gasteiger partial charge in [0, 0.05) is 5.88 Å². The summed E-state index contributed by atoms with van der Waals surface area (Å²) in [6, 6.07) is 10.9. The van der Waals surface area contributed by atoms with Gasteiger partial charge in [-0.15, -0.1) is 11.6 Å². The second kappa shape index (κ2) is 13.8. The fourth-order valence-electron chi connectivity index (χ4n) is 3.53. The summed E-state index contributed by atoms with van der Waals surface area (Å²) < 4.78 is 0. The van der Waals surface area contributed by atoms with E-state index in [1.807, 2.05) is 0 Å². The van der Waals surface area contributed by atoms with E-state index in [1.165, 1.54) is 89.0 Å². The topological polar surface area (TPSA) is 0 Å². The van der Waals surface area contributed by atoms with Crippen LogP contribution in [0.25, 0.3) is 0 Å². The number of halogens is 1. The van der Waals surface area contributed by atoms with Gasteiger partial charge in [0.25, 0.3) is 0 Å². The lowest BCUT2D eigenvalue weighted by Crippen LogP contribution is -2.14. The van der Waals surface area contributed by atoms with Crippen molar-refractivity contribution in [3.63, 3.8) is 0 Å². The smallest absolute Gasteiger partial charge is 0.0223 e. The molecule has 0 saturated carbocycles. The summed E-state index contributed by atoms with van der Waals surface area (Å²) in [7, 11) is 0. The molecule has 0 aliphatic carbocycles. The fourth-order valence-corrected chi connectivity index (χ4v) is 3.71. The summed E-state index contributed by atoms with van der Waals surface area (Å²) in [4.78, 5) is 0. The van der Waals surface area contributed by atoms with Crippen molar-refractivity contribution < 1.29 is 0 Å². The highest BCUT2D eigenvalue weighted by atomic mass is 35.5. The van der Waals surface area contributed by atoms with E-state index in [0.717, 1.165) is 5.88 Å². The van der Waals surface area contributed by atoms with Gasteiger partial charge < -0.3 is 0 Å². The normalized spacial score (nSPS) is 11.8. The van der Waals surface area contributed by atoms with Crippen molar-refractivity contribution in [1.82, 2.24) is 0 Å². The Morgan fingerprint density at radius 3 is 1.62 bits per heavy atom. The summed E-state index contributed by atoms with van der Waals surface area (Å²) in [6.45, 7) is 4.84. The summed E-state index contributed by atoms with van der Waals surface area (Å²) in [5.74, 6) is 0.835. The maximum atomic E-state index is 5.69. The minimum Gasteiger partial charge on any atom is -0.127 e. The summed E-state index contributed by atoms with van der Waals surface area (Å²) in [5, 5.41) is 0. The monoisotopic (exact) mass is 350 g/mol. The van der Waals surface area contributed by atoms with Gasteiger partial charge in [0.2, 0.25) is 0 Å². The van der Waals surface area contributed by atoms with Crippen LogP contribution in [-0.2, 0) is 6.42 Å². The van der Waals surface area contributed by atoms with Gasteiger partial charge in [0.1, 0.15) is 0 Å². The van der Waals surface area contributed by atoms with Crippen LogP contribution in [0.15, 0.2) is 30.3 Å². The molecule has 0 unspecified atom stereocenters. The Kier molecular flexibility index (Phi) is 12.4. The number of hydrogen-bond acceptors (Lipinski definition) is 0. The van der Waals surface area contributed by atoms with Crippen LogP contribution in [0, 0.1) is 5.41 Å². The van der Waals surface area contributed by atoms with Crippen LogP contribution in [0.5, 0.6) is 0 Å². The molecule has 0 aromatic heterocycles. The van der Waals surface area contributed by atoms with E-state index in [4.69, 9.17) is 11.6 Å². The third-order valence-electron chi connectivity index (χ3n) is 5.01. The molecule has 0 nitrogen and oxygen atoms in total. The molecule has 0 aliphatic rings. The van der Waals surface area contributed by atoms with E-state index >= 15 is 0 Å². The molecule has 1 rings (SSSR count). The van der Waals surface area contributed by atoms with E-state index in [9.17, 15) is 0 Å². The molecule has 0 saturated heterocycles. The first-order valence-corrected chi connectivity index (χ1v) is 10.8. The van der Waals surface area contributed by atoms with Gasteiger partial charge >= 0.3 is 0 Å². The van der Waals surface area contributed by atoms with E-state index in [-0.39, 0.29) is 0 Å². The largest absolute Gasteiger partial charge is 0.127 e. The van der Waals surface area contributed by atoms with Crippen molar-refractivity contribution in [2.24, 2.45) is 5.41 Å². The fraction of sp³-hybridized carbons (Fsp3) is 0.739. The first-order valence-electron chi connectivity index (χ1n) is 10.2. The van der Waals surface area contributed by atoms with Crippen LogP contribution in [-0.4, -0.2) is 5.88 Å². The van der Waals surface area contributed by atoms with E-state index in [1.54, 1.807) is 0 Å². The van der Waals surface area contributed by atoms with Crippen LogP contribution in [0.3, 0.4) is 0 Å². The molecule has 24 heavy (non-hydrogen) atoms. The van der Waals surface area contributed by atoms with Crippen LogP contribution >= 0.6 is 11.6 Å². The molecular weight excluding hydrogens is 312 g/mol. The van der Waals surface area contributed by atoms with Crippen LogP contribution < -0.4 is 0 Å². The molecule has 0 radical (unpaired) electrons. The molecule has 0 N–H and O–H groups in total. The van der Waals surface area contributed by atoms with Crippen molar-refractivity contribution in [3.05, 3.63) is 35.9 Å². The maximum Gasteiger partial charge on any atom is 0.0223 e. The highest BCUT2D eigenvalue weighted by Crippen LogP contribution is 2.28. The molecule has 0 aliphatic heterocycles. The molecule has 0 heterocycles. The first-order chi connectivity index (χ1) is 11.6. The summed E-state index contributed by atoms with van der Waals surface area (Å²) >= 11 is 5.69. The molecule has 138 valence electrons. The number of hydrogen-bond donors (Lipinski definition) is 0. The third-order valence-corrected chi connectivity index (χ3v) is 5.28. The van der Waals surface area contributed by atoms with Crippen LogP contribution in [0.2, 0.25) is 0 Å². The van der Waals surface area contributed by atoms with Gasteiger partial charge in [-0.25, -0.2) is 0 Å². The zero-order valence-corrected chi connectivity index (χ0v) is 16.9. The Balaban J connectivity index is 1.92. The number of alkyl halides is 1. The Morgan fingerprint density at radius 1 is 0.667 bits per heavy atom. The molecule has 0 atom stereocenters. The van der Waals surface area contributed by atoms with Crippen molar-refractivity contribution in [2.75, 3.05) is 5.88 Å². The van der Waals surface area contributed by atoms with Crippen molar-refractivity contribution >= 4 is 11.6 Å². The Hall–Kier alpha value is -0.490. The Bertz CT molecular complexity index is 382. The lowest BCUT2D eigenvalue weighted by atomic mass is 9.81. The van der Waals surface area contributed by atoms with Gasteiger partial charge in [-0.1, -0.05) is 108 Å². The van der Waals surface area contributed by atoms with E-state index < -0.39 is 0 Å². The maximum absolute atomic E-state index is 5.69. The SMILES string of the molecule is CC(C)(CCCCCCCCCCCCCCl)Cc1ccccc1. The predicted molar refractivity (Wildman–Crippen MR) is 110 cm³/mol. The van der Waals surface area contributed by atoms with E-state index in [2.05, 4.69) is 44.2 Å². The minimum absolute atomic E-state index is 0.435.